The maximum Gasteiger partial charge on any atom is 0.262 e. The molecule has 0 spiro atoms. The summed E-state index contributed by atoms with van der Waals surface area (Å²) < 4.78 is 0. The van der Waals surface area contributed by atoms with Gasteiger partial charge in [0.15, 0.2) is 0 Å². The van der Waals surface area contributed by atoms with Crippen LogP contribution in [0.2, 0.25) is 0 Å². The van der Waals surface area contributed by atoms with Gasteiger partial charge in [-0.05, 0) is 44.5 Å². The number of benzene rings is 1. The third-order valence-electron chi connectivity index (χ3n) is 3.82. The van der Waals surface area contributed by atoms with Crippen LogP contribution in [0.1, 0.15) is 26.5 Å². The van der Waals surface area contributed by atoms with Crippen LogP contribution in [0.25, 0.3) is 0 Å². The Morgan fingerprint density at radius 2 is 1.91 bits per heavy atom. The zero-order chi connectivity index (χ0) is 15.7. The van der Waals surface area contributed by atoms with Crippen molar-refractivity contribution in [2.24, 2.45) is 0 Å². The minimum Gasteiger partial charge on any atom is -0.339 e. The number of rotatable bonds is 3. The first kappa shape index (κ1) is 14.8. The molecule has 5 heteroatoms. The number of amides is 2. The first-order chi connectivity index (χ1) is 10.5. The summed E-state index contributed by atoms with van der Waals surface area (Å²) >= 11 is 1.44. The Balaban J connectivity index is 1.68. The normalized spacial score (nSPS) is 17.8. The number of hydrogen-bond acceptors (Lipinski definition) is 3. The summed E-state index contributed by atoms with van der Waals surface area (Å²) in [6.45, 7) is 4.61. The molecule has 22 heavy (non-hydrogen) atoms. The number of thiophene rings is 1. The Bertz CT molecular complexity index is 706. The van der Waals surface area contributed by atoms with Crippen LogP contribution in [0.4, 0.5) is 5.69 Å². The molecular weight excluding hydrogens is 296 g/mol. The third kappa shape index (κ3) is 2.90. The van der Waals surface area contributed by atoms with E-state index in [9.17, 15) is 9.59 Å². The van der Waals surface area contributed by atoms with Gasteiger partial charge < -0.3 is 10.2 Å². The second kappa shape index (κ2) is 5.93. The largest absolute Gasteiger partial charge is 0.339 e. The maximum absolute atomic E-state index is 12.5. The van der Waals surface area contributed by atoms with Crippen LogP contribution in [0.5, 0.6) is 0 Å². The topological polar surface area (TPSA) is 49.4 Å². The summed E-state index contributed by atoms with van der Waals surface area (Å²) in [6.07, 6.45) is 0.642. The lowest BCUT2D eigenvalue weighted by Crippen LogP contribution is -2.41. The van der Waals surface area contributed by atoms with Crippen LogP contribution in [0.15, 0.2) is 36.4 Å². The number of carbonyl (C=O) groups excluding carboxylic acids is 2. The van der Waals surface area contributed by atoms with Gasteiger partial charge in [0, 0.05) is 17.1 Å². The highest BCUT2D eigenvalue weighted by atomic mass is 32.1. The SMILES string of the molecule is Cc1ccc(N2CC[C@@H](NC(=O)c3ccc(C)s3)C2=O)cc1. The van der Waals surface area contributed by atoms with E-state index < -0.39 is 6.04 Å². The molecule has 1 aromatic carbocycles. The average Bonchev–Trinajstić information content (AvgIpc) is 3.08. The molecule has 1 aliphatic heterocycles. The van der Waals surface area contributed by atoms with Gasteiger partial charge in [-0.15, -0.1) is 11.3 Å². The molecule has 0 unspecified atom stereocenters. The molecule has 2 amide bonds. The number of aryl methyl sites for hydroxylation is 2. The molecular formula is C17H18N2O2S. The molecule has 1 atom stereocenters. The quantitative estimate of drug-likeness (QED) is 0.947. The number of hydrogen-bond donors (Lipinski definition) is 1. The molecule has 1 N–H and O–H groups in total. The molecule has 0 radical (unpaired) electrons. The summed E-state index contributed by atoms with van der Waals surface area (Å²) in [5.41, 5.74) is 2.05. The van der Waals surface area contributed by atoms with Gasteiger partial charge in [-0.1, -0.05) is 17.7 Å². The van der Waals surface area contributed by atoms with Gasteiger partial charge in [0.25, 0.3) is 5.91 Å². The Morgan fingerprint density at radius 3 is 2.55 bits per heavy atom. The second-order valence-corrected chi connectivity index (χ2v) is 6.84. The highest BCUT2D eigenvalue weighted by Crippen LogP contribution is 2.23. The first-order valence-electron chi connectivity index (χ1n) is 7.30. The van der Waals surface area contributed by atoms with Crippen LogP contribution in [-0.2, 0) is 4.79 Å². The minimum absolute atomic E-state index is 0.0366. The van der Waals surface area contributed by atoms with Crippen molar-refractivity contribution in [3.05, 3.63) is 51.7 Å². The molecule has 0 bridgehead atoms. The van der Waals surface area contributed by atoms with Gasteiger partial charge in [-0.3, -0.25) is 9.59 Å². The van der Waals surface area contributed by atoms with E-state index in [1.54, 1.807) is 11.0 Å². The van der Waals surface area contributed by atoms with Gasteiger partial charge in [0.2, 0.25) is 5.91 Å². The van der Waals surface area contributed by atoms with E-state index >= 15 is 0 Å². The Labute approximate surface area is 133 Å². The van der Waals surface area contributed by atoms with Crippen molar-refractivity contribution in [1.82, 2.24) is 5.32 Å². The standard InChI is InChI=1S/C17H18N2O2S/c1-11-3-6-13(7-4-11)19-10-9-14(17(19)21)18-16(20)15-8-5-12(2)22-15/h3-8,14H,9-10H2,1-2H3,(H,18,20)/t14-/m1/s1. The monoisotopic (exact) mass is 314 g/mol. The van der Waals surface area contributed by atoms with E-state index in [2.05, 4.69) is 5.32 Å². The molecule has 3 rings (SSSR count). The van der Waals surface area contributed by atoms with E-state index in [0.29, 0.717) is 17.8 Å². The predicted molar refractivity (Wildman–Crippen MR) is 88.5 cm³/mol. The first-order valence-corrected chi connectivity index (χ1v) is 8.11. The smallest absolute Gasteiger partial charge is 0.262 e. The van der Waals surface area contributed by atoms with Crippen LogP contribution in [0.3, 0.4) is 0 Å². The second-order valence-electron chi connectivity index (χ2n) is 5.55. The highest BCUT2D eigenvalue weighted by Gasteiger charge is 2.33. The van der Waals surface area contributed by atoms with Crippen molar-refractivity contribution in [2.75, 3.05) is 11.4 Å². The predicted octanol–water partition coefficient (Wildman–Crippen LogP) is 2.90. The van der Waals surface area contributed by atoms with Crippen LogP contribution in [0, 0.1) is 13.8 Å². The molecule has 0 saturated carbocycles. The molecule has 2 heterocycles. The molecule has 1 aliphatic rings. The highest BCUT2D eigenvalue weighted by molar-refractivity contribution is 7.13. The van der Waals surface area contributed by atoms with Crippen molar-refractivity contribution >= 4 is 28.8 Å². The van der Waals surface area contributed by atoms with Gasteiger partial charge in [0.1, 0.15) is 6.04 Å². The zero-order valence-corrected chi connectivity index (χ0v) is 13.4. The molecule has 1 saturated heterocycles. The lowest BCUT2D eigenvalue weighted by Gasteiger charge is -2.17. The summed E-state index contributed by atoms with van der Waals surface area (Å²) in [4.78, 5) is 28.1. The number of carbonyl (C=O) groups is 2. The fraction of sp³-hybridized carbons (Fsp3) is 0.294. The van der Waals surface area contributed by atoms with Crippen molar-refractivity contribution in [1.29, 1.82) is 0 Å². The fourth-order valence-electron chi connectivity index (χ4n) is 2.58. The molecule has 1 fully saturated rings. The summed E-state index contributed by atoms with van der Waals surface area (Å²) in [5, 5.41) is 2.85. The van der Waals surface area contributed by atoms with Crippen molar-refractivity contribution in [3.8, 4) is 0 Å². The van der Waals surface area contributed by atoms with Crippen LogP contribution >= 0.6 is 11.3 Å². The number of nitrogens with zero attached hydrogens (tertiary/aromatic N) is 1. The average molecular weight is 314 g/mol. The molecule has 2 aromatic rings. The summed E-state index contributed by atoms with van der Waals surface area (Å²) in [5.74, 6) is -0.201. The minimum atomic E-state index is -0.434. The van der Waals surface area contributed by atoms with E-state index in [1.165, 1.54) is 11.3 Å². The molecule has 0 aliphatic carbocycles. The van der Waals surface area contributed by atoms with Gasteiger partial charge in [-0.2, -0.15) is 0 Å². The number of anilines is 1. The van der Waals surface area contributed by atoms with Gasteiger partial charge >= 0.3 is 0 Å². The number of nitrogens with one attached hydrogen (secondary N) is 1. The maximum atomic E-state index is 12.5. The third-order valence-corrected chi connectivity index (χ3v) is 4.82. The van der Waals surface area contributed by atoms with E-state index in [0.717, 1.165) is 16.1 Å². The van der Waals surface area contributed by atoms with E-state index in [4.69, 9.17) is 0 Å². The van der Waals surface area contributed by atoms with E-state index in [-0.39, 0.29) is 11.8 Å². The Kier molecular flexibility index (Phi) is 3.98. The summed E-state index contributed by atoms with van der Waals surface area (Å²) in [6, 6.07) is 11.1. The van der Waals surface area contributed by atoms with Crippen molar-refractivity contribution in [3.63, 3.8) is 0 Å². The Morgan fingerprint density at radius 1 is 1.18 bits per heavy atom. The Hall–Kier alpha value is -2.14. The van der Waals surface area contributed by atoms with Gasteiger partial charge in [0.05, 0.1) is 4.88 Å². The summed E-state index contributed by atoms with van der Waals surface area (Å²) in [7, 11) is 0. The molecule has 114 valence electrons. The lowest BCUT2D eigenvalue weighted by molar-refractivity contribution is -0.118. The van der Waals surface area contributed by atoms with Crippen molar-refractivity contribution in [2.45, 2.75) is 26.3 Å². The molecule has 4 nitrogen and oxygen atoms in total. The van der Waals surface area contributed by atoms with E-state index in [1.807, 2.05) is 44.2 Å². The lowest BCUT2D eigenvalue weighted by atomic mass is 10.2. The zero-order valence-electron chi connectivity index (χ0n) is 12.6. The van der Waals surface area contributed by atoms with Crippen LogP contribution < -0.4 is 10.2 Å². The van der Waals surface area contributed by atoms with Gasteiger partial charge in [-0.25, -0.2) is 0 Å². The van der Waals surface area contributed by atoms with Crippen LogP contribution in [-0.4, -0.2) is 24.4 Å². The molecule has 1 aromatic heterocycles. The fourth-order valence-corrected chi connectivity index (χ4v) is 3.35. The van der Waals surface area contributed by atoms with Crippen molar-refractivity contribution < 1.29 is 9.59 Å².